The number of rotatable bonds is 5. The van der Waals surface area contributed by atoms with E-state index >= 15 is 0 Å². The van der Waals surface area contributed by atoms with E-state index in [1.807, 2.05) is 0 Å². The molecule has 3 rings (SSSR count). The highest BCUT2D eigenvalue weighted by Crippen LogP contribution is 2.24. The molecule has 0 fully saturated rings. The molecule has 0 bridgehead atoms. The quantitative estimate of drug-likeness (QED) is 0.612. The Labute approximate surface area is 153 Å². The summed E-state index contributed by atoms with van der Waals surface area (Å²) in [6, 6.07) is 11.7. The van der Waals surface area contributed by atoms with Crippen molar-refractivity contribution in [3.8, 4) is 17.1 Å². The van der Waals surface area contributed by atoms with Crippen molar-refractivity contribution in [1.82, 2.24) is 10.1 Å². The van der Waals surface area contributed by atoms with Gasteiger partial charge in [0.2, 0.25) is 5.82 Å². The van der Waals surface area contributed by atoms with Gasteiger partial charge in [-0.3, -0.25) is 0 Å². The molecule has 0 atom stereocenters. The molecule has 0 aliphatic rings. The molecule has 1 aromatic heterocycles. The molecule has 128 valence electrons. The van der Waals surface area contributed by atoms with Gasteiger partial charge in [-0.25, -0.2) is 4.79 Å². The molecule has 0 spiro atoms. The van der Waals surface area contributed by atoms with E-state index in [4.69, 9.17) is 37.2 Å². The van der Waals surface area contributed by atoms with E-state index < -0.39 is 5.97 Å². The van der Waals surface area contributed by atoms with Crippen LogP contribution in [0.5, 0.6) is 5.75 Å². The van der Waals surface area contributed by atoms with Crippen molar-refractivity contribution in [3.05, 3.63) is 64.0 Å². The molecule has 0 saturated heterocycles. The third-order valence-electron chi connectivity index (χ3n) is 3.26. The van der Waals surface area contributed by atoms with Crippen LogP contribution in [0.1, 0.15) is 16.2 Å². The summed E-state index contributed by atoms with van der Waals surface area (Å²) in [4.78, 5) is 16.4. The molecule has 2 aromatic carbocycles. The number of benzene rings is 2. The van der Waals surface area contributed by atoms with E-state index in [-0.39, 0.29) is 18.1 Å². The Kier molecular flexibility index (Phi) is 5.21. The Morgan fingerprint density at radius 1 is 1.16 bits per heavy atom. The maximum atomic E-state index is 12.2. The van der Waals surface area contributed by atoms with Crippen LogP contribution < -0.4 is 4.74 Å². The normalized spacial score (nSPS) is 10.5. The van der Waals surface area contributed by atoms with Crippen molar-refractivity contribution in [2.75, 3.05) is 7.11 Å². The molecular formula is C17H12Cl2N2O4. The molecule has 3 aromatic rings. The lowest BCUT2D eigenvalue weighted by atomic mass is 10.2. The monoisotopic (exact) mass is 378 g/mol. The Morgan fingerprint density at radius 2 is 1.96 bits per heavy atom. The molecular weight excluding hydrogens is 367 g/mol. The highest BCUT2D eigenvalue weighted by Gasteiger charge is 2.17. The SMILES string of the molecule is COc1ccc(Cl)cc1C(=O)OCc1nc(-c2cccc(Cl)c2)no1. The minimum absolute atomic E-state index is 0.157. The summed E-state index contributed by atoms with van der Waals surface area (Å²) in [5.74, 6) is 0.264. The Morgan fingerprint density at radius 3 is 2.72 bits per heavy atom. The van der Waals surface area contributed by atoms with Crippen LogP contribution >= 0.6 is 23.2 Å². The fourth-order valence-electron chi connectivity index (χ4n) is 2.10. The molecule has 0 N–H and O–H groups in total. The largest absolute Gasteiger partial charge is 0.496 e. The average Bonchev–Trinajstić information content (AvgIpc) is 3.08. The summed E-state index contributed by atoms with van der Waals surface area (Å²) in [5, 5.41) is 4.80. The topological polar surface area (TPSA) is 74.5 Å². The smallest absolute Gasteiger partial charge is 0.342 e. The molecule has 8 heteroatoms. The van der Waals surface area contributed by atoms with Gasteiger partial charge in [0.1, 0.15) is 11.3 Å². The number of carbonyl (C=O) groups excluding carboxylic acids is 1. The number of ether oxygens (including phenoxy) is 2. The first-order chi connectivity index (χ1) is 12.1. The first-order valence-corrected chi connectivity index (χ1v) is 7.91. The lowest BCUT2D eigenvalue weighted by Crippen LogP contribution is -2.07. The molecule has 0 amide bonds. The molecule has 0 aliphatic carbocycles. The lowest BCUT2D eigenvalue weighted by molar-refractivity contribution is 0.0426. The second kappa shape index (κ2) is 7.55. The van der Waals surface area contributed by atoms with Gasteiger partial charge in [-0.2, -0.15) is 4.98 Å². The van der Waals surface area contributed by atoms with Gasteiger partial charge in [0, 0.05) is 15.6 Å². The zero-order chi connectivity index (χ0) is 17.8. The summed E-state index contributed by atoms with van der Waals surface area (Å²) in [6.07, 6.45) is 0. The standard InChI is InChI=1S/C17H12Cl2N2O4/c1-23-14-6-5-12(19)8-13(14)17(22)24-9-15-20-16(21-25-15)10-3-2-4-11(18)7-10/h2-8H,9H2,1H3. The zero-order valence-corrected chi connectivity index (χ0v) is 14.5. The molecule has 6 nitrogen and oxygen atoms in total. The zero-order valence-electron chi connectivity index (χ0n) is 13.0. The third kappa shape index (κ3) is 4.10. The summed E-state index contributed by atoms with van der Waals surface area (Å²) in [6.45, 7) is -0.179. The van der Waals surface area contributed by atoms with E-state index in [0.717, 1.165) is 0 Å². The Hall–Kier alpha value is -2.57. The van der Waals surface area contributed by atoms with E-state index in [1.54, 1.807) is 36.4 Å². The number of methoxy groups -OCH3 is 1. The van der Waals surface area contributed by atoms with Crippen molar-refractivity contribution in [2.24, 2.45) is 0 Å². The van der Waals surface area contributed by atoms with E-state index in [1.165, 1.54) is 13.2 Å². The molecule has 25 heavy (non-hydrogen) atoms. The Balaban J connectivity index is 1.70. The summed E-state index contributed by atoms with van der Waals surface area (Å²) in [5.41, 5.74) is 0.912. The van der Waals surface area contributed by atoms with Crippen LogP contribution in [-0.4, -0.2) is 23.2 Å². The number of esters is 1. The molecule has 0 radical (unpaired) electrons. The van der Waals surface area contributed by atoms with Gasteiger partial charge >= 0.3 is 5.97 Å². The van der Waals surface area contributed by atoms with Crippen LogP contribution in [0.2, 0.25) is 10.0 Å². The van der Waals surface area contributed by atoms with Crippen LogP contribution in [0.25, 0.3) is 11.4 Å². The van der Waals surface area contributed by atoms with Crippen molar-refractivity contribution in [3.63, 3.8) is 0 Å². The first kappa shape index (κ1) is 17.3. The van der Waals surface area contributed by atoms with E-state index in [2.05, 4.69) is 10.1 Å². The number of hydrogen-bond acceptors (Lipinski definition) is 6. The second-order valence-electron chi connectivity index (χ2n) is 4.94. The molecule has 0 unspecified atom stereocenters. The van der Waals surface area contributed by atoms with Gasteiger partial charge in [0.25, 0.3) is 5.89 Å². The van der Waals surface area contributed by atoms with Crippen molar-refractivity contribution in [2.45, 2.75) is 6.61 Å². The second-order valence-corrected chi connectivity index (χ2v) is 5.82. The molecule has 1 heterocycles. The van der Waals surface area contributed by atoms with Crippen molar-refractivity contribution < 1.29 is 18.8 Å². The number of hydrogen-bond donors (Lipinski definition) is 0. The summed E-state index contributed by atoms with van der Waals surface area (Å²) < 4.78 is 15.4. The van der Waals surface area contributed by atoms with Crippen LogP contribution in [0.4, 0.5) is 0 Å². The van der Waals surface area contributed by atoms with Gasteiger partial charge in [0.05, 0.1) is 7.11 Å². The fraction of sp³-hybridized carbons (Fsp3) is 0.118. The van der Waals surface area contributed by atoms with Gasteiger partial charge in [-0.15, -0.1) is 0 Å². The van der Waals surface area contributed by atoms with Crippen molar-refractivity contribution >= 4 is 29.2 Å². The van der Waals surface area contributed by atoms with Gasteiger partial charge in [-0.1, -0.05) is 40.5 Å². The number of carbonyl (C=O) groups is 1. The van der Waals surface area contributed by atoms with Crippen LogP contribution in [0, 0.1) is 0 Å². The summed E-state index contributed by atoms with van der Waals surface area (Å²) in [7, 11) is 1.45. The number of aromatic nitrogens is 2. The predicted octanol–water partition coefficient (Wildman–Crippen LogP) is 4.41. The predicted molar refractivity (Wildman–Crippen MR) is 91.9 cm³/mol. The average molecular weight is 379 g/mol. The van der Waals surface area contributed by atoms with Crippen LogP contribution in [0.3, 0.4) is 0 Å². The maximum absolute atomic E-state index is 12.2. The minimum Gasteiger partial charge on any atom is -0.496 e. The van der Waals surface area contributed by atoms with Gasteiger partial charge in [0.15, 0.2) is 6.61 Å². The minimum atomic E-state index is -0.609. The fourth-order valence-corrected chi connectivity index (χ4v) is 2.47. The summed E-state index contributed by atoms with van der Waals surface area (Å²) >= 11 is 11.8. The highest BCUT2D eigenvalue weighted by molar-refractivity contribution is 6.31. The lowest BCUT2D eigenvalue weighted by Gasteiger charge is -2.07. The van der Waals surface area contributed by atoms with Crippen LogP contribution in [0.15, 0.2) is 47.0 Å². The van der Waals surface area contributed by atoms with Crippen LogP contribution in [-0.2, 0) is 11.3 Å². The molecule has 0 aliphatic heterocycles. The number of halogens is 2. The highest BCUT2D eigenvalue weighted by atomic mass is 35.5. The van der Waals surface area contributed by atoms with Crippen molar-refractivity contribution in [1.29, 1.82) is 0 Å². The third-order valence-corrected chi connectivity index (χ3v) is 3.73. The first-order valence-electron chi connectivity index (χ1n) is 7.16. The maximum Gasteiger partial charge on any atom is 0.342 e. The van der Waals surface area contributed by atoms with E-state index in [9.17, 15) is 4.79 Å². The number of nitrogens with zero attached hydrogens (tertiary/aromatic N) is 2. The molecule has 0 saturated carbocycles. The van der Waals surface area contributed by atoms with E-state index in [0.29, 0.717) is 27.2 Å². The Bertz CT molecular complexity index is 911. The van der Waals surface area contributed by atoms with Gasteiger partial charge < -0.3 is 14.0 Å². The van der Waals surface area contributed by atoms with Gasteiger partial charge in [-0.05, 0) is 30.3 Å².